The van der Waals surface area contributed by atoms with E-state index in [9.17, 15) is 0 Å². The van der Waals surface area contributed by atoms with Crippen LogP contribution in [0.2, 0.25) is 10.0 Å². The Morgan fingerprint density at radius 1 is 0.895 bits per heavy atom. The smallest absolute Gasteiger partial charge is 0.0621 e. The number of hydrogen-bond donors (Lipinski definition) is 0. The molecule has 0 saturated heterocycles. The second kappa shape index (κ2) is 6.61. The molecule has 0 atom stereocenters. The Morgan fingerprint density at radius 3 is 2.21 bits per heavy atom. The van der Waals surface area contributed by atoms with E-state index in [2.05, 4.69) is 30.3 Å². The first-order valence-electron chi connectivity index (χ1n) is 6.12. The number of aryl methyl sites for hydroxylation is 1. The van der Waals surface area contributed by atoms with E-state index in [0.717, 1.165) is 24.0 Å². The highest BCUT2D eigenvalue weighted by atomic mass is 35.5. The summed E-state index contributed by atoms with van der Waals surface area (Å²) >= 11 is 11.9. The van der Waals surface area contributed by atoms with E-state index in [1.807, 2.05) is 12.1 Å². The molecule has 0 bridgehead atoms. The van der Waals surface area contributed by atoms with Crippen LogP contribution in [-0.4, -0.2) is 0 Å². The van der Waals surface area contributed by atoms with Crippen LogP contribution < -0.4 is 0 Å². The van der Waals surface area contributed by atoms with Gasteiger partial charge in [-0.1, -0.05) is 53.5 Å². The van der Waals surface area contributed by atoms with Crippen molar-refractivity contribution in [2.24, 2.45) is 0 Å². The largest absolute Gasteiger partial charge is 0.198 e. The van der Waals surface area contributed by atoms with Gasteiger partial charge in [0.25, 0.3) is 0 Å². The lowest BCUT2D eigenvalue weighted by Crippen LogP contribution is -1.85. The zero-order valence-corrected chi connectivity index (χ0v) is 11.9. The lowest BCUT2D eigenvalue weighted by Gasteiger charge is -2.05. The first-order chi connectivity index (χ1) is 9.20. The monoisotopic (exact) mass is 289 g/mol. The average Bonchev–Trinajstić information content (AvgIpc) is 2.43. The molecule has 0 aliphatic carbocycles. The Hall–Kier alpha value is -1.49. The summed E-state index contributed by atoms with van der Waals surface area (Å²) in [5.74, 6) is 0. The molecule has 0 fully saturated rings. The quantitative estimate of drug-likeness (QED) is 0.681. The van der Waals surface area contributed by atoms with Gasteiger partial charge in [0.2, 0.25) is 0 Å². The van der Waals surface area contributed by atoms with Crippen molar-refractivity contribution in [2.45, 2.75) is 19.3 Å². The van der Waals surface area contributed by atoms with E-state index in [-0.39, 0.29) is 0 Å². The number of rotatable bonds is 4. The summed E-state index contributed by atoms with van der Waals surface area (Å²) in [4.78, 5) is 0. The van der Waals surface area contributed by atoms with Crippen LogP contribution in [0, 0.1) is 11.3 Å². The van der Waals surface area contributed by atoms with Crippen molar-refractivity contribution in [3.8, 4) is 17.2 Å². The average molecular weight is 290 g/mol. The molecule has 0 aliphatic heterocycles. The van der Waals surface area contributed by atoms with Crippen LogP contribution >= 0.6 is 23.2 Å². The molecule has 3 heteroatoms. The summed E-state index contributed by atoms with van der Waals surface area (Å²) in [6.45, 7) is 0. The zero-order valence-electron chi connectivity index (χ0n) is 10.4. The Balaban J connectivity index is 2.13. The molecule has 0 aromatic heterocycles. The standard InChI is InChI=1S/C16H13Cl2N/c17-15-9-8-14(11-16(15)18)13-6-4-12(5-7-13)3-1-2-10-19/h4-9,11H,1-3H2. The fraction of sp³-hybridized carbons (Fsp3) is 0.188. The number of halogens is 2. The van der Waals surface area contributed by atoms with Crippen LogP contribution in [0.25, 0.3) is 11.1 Å². The molecule has 1 nitrogen and oxygen atoms in total. The summed E-state index contributed by atoms with van der Waals surface area (Å²) < 4.78 is 0. The molecule has 2 rings (SSSR count). The van der Waals surface area contributed by atoms with Gasteiger partial charge in [0.15, 0.2) is 0 Å². The minimum atomic E-state index is 0.567. The molecule has 2 aromatic carbocycles. The maximum atomic E-state index is 8.51. The normalized spacial score (nSPS) is 10.2. The predicted molar refractivity (Wildman–Crippen MR) is 80.4 cm³/mol. The summed E-state index contributed by atoms with van der Waals surface area (Å²) in [5, 5.41) is 9.65. The summed E-state index contributed by atoms with van der Waals surface area (Å²) in [5.41, 5.74) is 3.42. The number of hydrogen-bond acceptors (Lipinski definition) is 1. The molecule has 2 aromatic rings. The van der Waals surface area contributed by atoms with Crippen molar-refractivity contribution in [1.82, 2.24) is 0 Å². The van der Waals surface area contributed by atoms with Gasteiger partial charge >= 0.3 is 0 Å². The molecule has 0 N–H and O–H groups in total. The van der Waals surface area contributed by atoms with Crippen LogP contribution in [0.1, 0.15) is 18.4 Å². The van der Waals surface area contributed by atoms with E-state index in [1.54, 1.807) is 6.07 Å². The lowest BCUT2D eigenvalue weighted by atomic mass is 10.0. The van der Waals surface area contributed by atoms with Gasteiger partial charge in [-0.25, -0.2) is 0 Å². The second-order valence-corrected chi connectivity index (χ2v) is 5.15. The fourth-order valence-corrected chi connectivity index (χ4v) is 2.21. The Morgan fingerprint density at radius 2 is 1.58 bits per heavy atom. The molecule has 0 spiro atoms. The van der Waals surface area contributed by atoms with Crippen molar-refractivity contribution < 1.29 is 0 Å². The molecule has 0 unspecified atom stereocenters. The maximum Gasteiger partial charge on any atom is 0.0621 e. The van der Waals surface area contributed by atoms with Gasteiger partial charge in [0.1, 0.15) is 0 Å². The van der Waals surface area contributed by atoms with Crippen molar-refractivity contribution in [3.63, 3.8) is 0 Å². The molecular weight excluding hydrogens is 277 g/mol. The topological polar surface area (TPSA) is 23.8 Å². The molecule has 0 radical (unpaired) electrons. The molecule has 19 heavy (non-hydrogen) atoms. The first kappa shape index (κ1) is 13.9. The lowest BCUT2D eigenvalue weighted by molar-refractivity contribution is 0.851. The maximum absolute atomic E-state index is 8.51. The van der Waals surface area contributed by atoms with Gasteiger partial charge in [0.05, 0.1) is 16.1 Å². The van der Waals surface area contributed by atoms with E-state index in [0.29, 0.717) is 16.5 Å². The summed E-state index contributed by atoms with van der Waals surface area (Å²) in [6, 6.07) is 16.1. The van der Waals surface area contributed by atoms with Crippen molar-refractivity contribution in [1.29, 1.82) is 5.26 Å². The first-order valence-corrected chi connectivity index (χ1v) is 6.87. The van der Waals surface area contributed by atoms with Gasteiger partial charge in [-0.05, 0) is 41.7 Å². The van der Waals surface area contributed by atoms with Crippen LogP contribution in [0.4, 0.5) is 0 Å². The highest BCUT2D eigenvalue weighted by Crippen LogP contribution is 2.28. The zero-order chi connectivity index (χ0) is 13.7. The van der Waals surface area contributed by atoms with Crippen molar-refractivity contribution in [3.05, 3.63) is 58.1 Å². The Kier molecular flexibility index (Phi) is 4.85. The highest BCUT2D eigenvalue weighted by molar-refractivity contribution is 6.42. The van der Waals surface area contributed by atoms with Crippen LogP contribution in [0.3, 0.4) is 0 Å². The van der Waals surface area contributed by atoms with Crippen LogP contribution in [0.5, 0.6) is 0 Å². The van der Waals surface area contributed by atoms with Crippen molar-refractivity contribution >= 4 is 23.2 Å². The van der Waals surface area contributed by atoms with Gasteiger partial charge < -0.3 is 0 Å². The summed E-state index contributed by atoms with van der Waals surface area (Å²) in [6.07, 6.45) is 2.45. The summed E-state index contributed by atoms with van der Waals surface area (Å²) in [7, 11) is 0. The van der Waals surface area contributed by atoms with E-state index < -0.39 is 0 Å². The highest BCUT2D eigenvalue weighted by Gasteiger charge is 2.02. The van der Waals surface area contributed by atoms with E-state index in [1.165, 1.54) is 5.56 Å². The van der Waals surface area contributed by atoms with E-state index >= 15 is 0 Å². The van der Waals surface area contributed by atoms with Crippen molar-refractivity contribution in [2.75, 3.05) is 0 Å². The molecular formula is C16H13Cl2N. The fourth-order valence-electron chi connectivity index (χ4n) is 1.91. The Bertz CT molecular complexity index is 597. The third kappa shape index (κ3) is 3.73. The Labute approximate surface area is 123 Å². The minimum absolute atomic E-state index is 0.567. The van der Waals surface area contributed by atoms with Gasteiger partial charge in [-0.15, -0.1) is 0 Å². The third-order valence-corrected chi connectivity index (χ3v) is 3.70. The minimum Gasteiger partial charge on any atom is -0.198 e. The van der Waals surface area contributed by atoms with Crippen LogP contribution in [0.15, 0.2) is 42.5 Å². The molecule has 0 saturated carbocycles. The SMILES string of the molecule is N#CCCCc1ccc(-c2ccc(Cl)c(Cl)c2)cc1. The molecule has 96 valence electrons. The number of benzene rings is 2. The van der Waals surface area contributed by atoms with E-state index in [4.69, 9.17) is 28.5 Å². The molecule has 0 amide bonds. The van der Waals surface area contributed by atoms with Gasteiger partial charge in [0, 0.05) is 6.42 Å². The van der Waals surface area contributed by atoms with Gasteiger partial charge in [-0.2, -0.15) is 5.26 Å². The van der Waals surface area contributed by atoms with Gasteiger partial charge in [-0.3, -0.25) is 0 Å². The third-order valence-electron chi connectivity index (χ3n) is 2.96. The van der Waals surface area contributed by atoms with Crippen LogP contribution in [-0.2, 0) is 6.42 Å². The predicted octanol–water partition coefficient (Wildman–Crippen LogP) is 5.51. The number of unbranched alkanes of at least 4 members (excludes halogenated alkanes) is 1. The second-order valence-electron chi connectivity index (χ2n) is 4.34. The number of nitriles is 1. The molecule has 0 heterocycles. The molecule has 0 aliphatic rings. The number of nitrogens with zero attached hydrogens (tertiary/aromatic N) is 1.